The van der Waals surface area contributed by atoms with Crippen LogP contribution in [0.2, 0.25) is 0 Å². The average Bonchev–Trinajstić information content (AvgIpc) is 2.92. The summed E-state index contributed by atoms with van der Waals surface area (Å²) in [4.78, 5) is 11.4. The molecule has 1 amide bonds. The maximum Gasteiger partial charge on any atom is 0.230 e. The van der Waals surface area contributed by atoms with Gasteiger partial charge in [-0.05, 0) is 18.8 Å². The van der Waals surface area contributed by atoms with Crippen molar-refractivity contribution >= 4 is 30.1 Å². The quantitative estimate of drug-likeness (QED) is 0.798. The number of thioether (sulfide) groups is 1. The molecule has 1 rings (SSSR count). The highest BCUT2D eigenvalue weighted by atomic mass is 35.5. The Morgan fingerprint density at radius 2 is 2.06 bits per heavy atom. The summed E-state index contributed by atoms with van der Waals surface area (Å²) in [6.45, 7) is 6.97. The van der Waals surface area contributed by atoms with Crippen LogP contribution in [0.15, 0.2) is 0 Å². The second-order valence-electron chi connectivity index (χ2n) is 5.21. The Kier molecular flexibility index (Phi) is 6.75. The van der Waals surface area contributed by atoms with Crippen molar-refractivity contribution in [1.82, 2.24) is 5.32 Å². The Morgan fingerprint density at radius 3 is 2.50 bits per heavy atom. The van der Waals surface area contributed by atoms with Crippen molar-refractivity contribution in [3.63, 3.8) is 0 Å². The van der Waals surface area contributed by atoms with Gasteiger partial charge in [0.15, 0.2) is 0 Å². The molecule has 3 nitrogen and oxygen atoms in total. The van der Waals surface area contributed by atoms with Gasteiger partial charge < -0.3 is 11.1 Å². The normalized spacial score (nSPS) is 17.5. The minimum Gasteiger partial charge on any atom is -0.354 e. The van der Waals surface area contributed by atoms with Crippen molar-refractivity contribution in [2.45, 2.75) is 44.4 Å². The molecule has 3 N–H and O–H groups in total. The van der Waals surface area contributed by atoms with Gasteiger partial charge in [0.2, 0.25) is 5.91 Å². The van der Waals surface area contributed by atoms with Crippen LogP contribution < -0.4 is 11.1 Å². The van der Waals surface area contributed by atoms with Gasteiger partial charge in [0, 0.05) is 17.3 Å². The average molecular weight is 267 g/mol. The molecule has 1 fully saturated rings. The van der Waals surface area contributed by atoms with Gasteiger partial charge in [0.1, 0.15) is 0 Å². The van der Waals surface area contributed by atoms with Crippen LogP contribution in [0.1, 0.15) is 33.6 Å². The highest BCUT2D eigenvalue weighted by Gasteiger charge is 2.28. The van der Waals surface area contributed by atoms with Crippen LogP contribution >= 0.6 is 24.2 Å². The van der Waals surface area contributed by atoms with Crippen molar-refractivity contribution < 1.29 is 4.79 Å². The molecular formula is C11H23ClN2OS. The van der Waals surface area contributed by atoms with Crippen LogP contribution in [0.3, 0.4) is 0 Å². The van der Waals surface area contributed by atoms with E-state index in [0.29, 0.717) is 18.2 Å². The van der Waals surface area contributed by atoms with Crippen molar-refractivity contribution in [3.05, 3.63) is 0 Å². The van der Waals surface area contributed by atoms with E-state index in [0.717, 1.165) is 0 Å². The number of nitrogens with one attached hydrogen (secondary N) is 1. The van der Waals surface area contributed by atoms with Crippen LogP contribution in [0.25, 0.3) is 0 Å². The van der Waals surface area contributed by atoms with Gasteiger partial charge in [0.05, 0.1) is 5.75 Å². The Hall–Kier alpha value is 0.0700. The van der Waals surface area contributed by atoms with Crippen molar-refractivity contribution in [3.8, 4) is 0 Å². The maximum atomic E-state index is 11.4. The summed E-state index contributed by atoms with van der Waals surface area (Å²) in [5.41, 5.74) is 5.89. The molecule has 0 aromatic rings. The fourth-order valence-corrected chi connectivity index (χ4v) is 1.92. The van der Waals surface area contributed by atoms with Gasteiger partial charge >= 0.3 is 0 Å². The zero-order chi connectivity index (χ0) is 11.5. The molecule has 0 radical (unpaired) electrons. The third-order valence-corrected chi connectivity index (χ3v) is 3.67. The van der Waals surface area contributed by atoms with E-state index >= 15 is 0 Å². The summed E-state index contributed by atoms with van der Waals surface area (Å²) in [5.74, 6) is 1.28. The number of amides is 1. The van der Waals surface area contributed by atoms with E-state index in [-0.39, 0.29) is 29.1 Å². The van der Waals surface area contributed by atoms with Crippen molar-refractivity contribution in [2.24, 2.45) is 11.7 Å². The minimum atomic E-state index is 0. The third-order valence-electron chi connectivity index (χ3n) is 2.40. The largest absolute Gasteiger partial charge is 0.354 e. The summed E-state index contributed by atoms with van der Waals surface area (Å²) in [6, 6.07) is 0.161. The molecule has 1 aliphatic carbocycles. The van der Waals surface area contributed by atoms with Gasteiger partial charge in [-0.2, -0.15) is 0 Å². The lowest BCUT2D eigenvalue weighted by Gasteiger charge is -2.17. The zero-order valence-electron chi connectivity index (χ0n) is 10.3. The molecule has 1 atom stereocenters. The predicted octanol–water partition coefficient (Wildman–Crippen LogP) is 1.79. The standard InChI is InChI=1S/C11H22N2OS.ClH/c1-11(2,3)15-7-10(14)13-6-9(12)8-4-5-8;/h8-9H,4-7,12H2,1-3H3,(H,13,14);1H. The van der Waals surface area contributed by atoms with E-state index in [1.165, 1.54) is 12.8 Å². The van der Waals surface area contributed by atoms with E-state index in [1.54, 1.807) is 11.8 Å². The minimum absolute atomic E-state index is 0. The van der Waals surface area contributed by atoms with E-state index in [9.17, 15) is 4.79 Å². The first kappa shape index (κ1) is 16.1. The zero-order valence-corrected chi connectivity index (χ0v) is 11.9. The molecule has 1 unspecified atom stereocenters. The molecule has 1 aliphatic rings. The summed E-state index contributed by atoms with van der Waals surface area (Å²) in [7, 11) is 0. The van der Waals surface area contributed by atoms with Gasteiger partial charge in [-0.25, -0.2) is 0 Å². The van der Waals surface area contributed by atoms with E-state index < -0.39 is 0 Å². The lowest BCUT2D eigenvalue weighted by molar-refractivity contribution is -0.118. The lowest BCUT2D eigenvalue weighted by Crippen LogP contribution is -2.39. The van der Waals surface area contributed by atoms with E-state index in [4.69, 9.17) is 5.73 Å². The first-order valence-electron chi connectivity index (χ1n) is 5.55. The molecule has 0 spiro atoms. The first-order chi connectivity index (χ1) is 6.88. The predicted molar refractivity (Wildman–Crippen MR) is 73.2 cm³/mol. The van der Waals surface area contributed by atoms with Crippen molar-refractivity contribution in [1.29, 1.82) is 0 Å². The van der Waals surface area contributed by atoms with Crippen LogP contribution in [-0.4, -0.2) is 29.0 Å². The molecule has 0 aromatic carbocycles. The van der Waals surface area contributed by atoms with Crippen molar-refractivity contribution in [2.75, 3.05) is 12.3 Å². The Labute approximate surface area is 109 Å². The molecule has 0 heterocycles. The molecule has 0 aromatic heterocycles. The number of nitrogens with two attached hydrogens (primary N) is 1. The third kappa shape index (κ3) is 7.36. The first-order valence-corrected chi connectivity index (χ1v) is 6.53. The smallest absolute Gasteiger partial charge is 0.230 e. The molecule has 0 bridgehead atoms. The highest BCUT2D eigenvalue weighted by molar-refractivity contribution is 8.01. The Balaban J connectivity index is 0.00000225. The Morgan fingerprint density at radius 1 is 1.50 bits per heavy atom. The number of carbonyl (C=O) groups is 1. The summed E-state index contributed by atoms with van der Waals surface area (Å²) < 4.78 is 0.149. The lowest BCUT2D eigenvalue weighted by atomic mass is 10.2. The summed E-state index contributed by atoms with van der Waals surface area (Å²) >= 11 is 1.66. The number of halogens is 1. The number of hydrogen-bond donors (Lipinski definition) is 2. The topological polar surface area (TPSA) is 55.1 Å². The molecule has 0 aliphatic heterocycles. The van der Waals surface area contributed by atoms with Crippen LogP contribution in [0, 0.1) is 5.92 Å². The summed E-state index contributed by atoms with van der Waals surface area (Å²) in [5, 5.41) is 2.89. The number of hydrogen-bond acceptors (Lipinski definition) is 3. The van der Waals surface area contributed by atoms with Gasteiger partial charge in [-0.1, -0.05) is 20.8 Å². The van der Waals surface area contributed by atoms with Crippen LogP contribution in [-0.2, 0) is 4.79 Å². The van der Waals surface area contributed by atoms with Gasteiger partial charge in [-0.3, -0.25) is 4.79 Å². The highest BCUT2D eigenvalue weighted by Crippen LogP contribution is 2.31. The monoisotopic (exact) mass is 266 g/mol. The molecule has 96 valence electrons. The molecule has 1 saturated carbocycles. The molecule has 16 heavy (non-hydrogen) atoms. The fraction of sp³-hybridized carbons (Fsp3) is 0.909. The fourth-order valence-electron chi connectivity index (χ4n) is 1.26. The maximum absolute atomic E-state index is 11.4. The van der Waals surface area contributed by atoms with Gasteiger partial charge in [-0.15, -0.1) is 24.2 Å². The SMILES string of the molecule is CC(C)(C)SCC(=O)NCC(N)C1CC1.Cl. The molecule has 0 saturated heterocycles. The van der Waals surface area contributed by atoms with E-state index in [2.05, 4.69) is 26.1 Å². The van der Waals surface area contributed by atoms with E-state index in [1.807, 2.05) is 0 Å². The Bertz CT molecular complexity index is 227. The second-order valence-corrected chi connectivity index (χ2v) is 7.01. The number of carbonyl (C=O) groups excluding carboxylic acids is 1. The molecule has 5 heteroatoms. The van der Waals surface area contributed by atoms with Crippen LogP contribution in [0.5, 0.6) is 0 Å². The van der Waals surface area contributed by atoms with Gasteiger partial charge in [0.25, 0.3) is 0 Å². The summed E-state index contributed by atoms with van der Waals surface area (Å²) in [6.07, 6.45) is 2.46. The van der Waals surface area contributed by atoms with Crippen LogP contribution in [0.4, 0.5) is 0 Å². The second kappa shape index (κ2) is 6.72. The number of rotatable bonds is 5. The molecular weight excluding hydrogens is 244 g/mol.